The van der Waals surface area contributed by atoms with Gasteiger partial charge in [-0.05, 0) is 44.5 Å². The van der Waals surface area contributed by atoms with Crippen LogP contribution in [0.4, 0.5) is 0 Å². The maximum atomic E-state index is 4.60. The van der Waals surface area contributed by atoms with Crippen LogP contribution in [0.2, 0.25) is 0 Å². The first-order valence-electron chi connectivity index (χ1n) is 6.49. The van der Waals surface area contributed by atoms with Gasteiger partial charge < -0.3 is 0 Å². The van der Waals surface area contributed by atoms with Crippen molar-refractivity contribution < 1.29 is 4.68 Å². The lowest BCUT2D eigenvalue weighted by Gasteiger charge is -2.10. The van der Waals surface area contributed by atoms with Crippen LogP contribution in [0.5, 0.6) is 0 Å². The maximum absolute atomic E-state index is 4.60. The Morgan fingerprint density at radius 2 is 1.84 bits per heavy atom. The number of nitrogens with zero attached hydrogens (tertiary/aromatic N) is 3. The van der Waals surface area contributed by atoms with Crippen molar-refractivity contribution in [2.24, 2.45) is 7.05 Å². The van der Waals surface area contributed by atoms with Crippen molar-refractivity contribution >= 4 is 10.9 Å². The summed E-state index contributed by atoms with van der Waals surface area (Å²) >= 11 is 0. The van der Waals surface area contributed by atoms with Gasteiger partial charge in [-0.25, -0.2) is 0 Å². The van der Waals surface area contributed by atoms with Crippen LogP contribution in [-0.2, 0) is 7.05 Å². The molecule has 0 fully saturated rings. The number of aryl methyl sites for hydroxylation is 4. The van der Waals surface area contributed by atoms with Crippen molar-refractivity contribution in [3.8, 4) is 5.69 Å². The van der Waals surface area contributed by atoms with Gasteiger partial charge in [0.05, 0.1) is 11.1 Å². The van der Waals surface area contributed by atoms with Crippen LogP contribution < -0.4 is 4.68 Å². The Labute approximate surface area is 113 Å². The zero-order valence-electron chi connectivity index (χ0n) is 11.8. The molecule has 3 aromatic rings. The minimum atomic E-state index is 1.06. The number of hydrogen-bond donors (Lipinski definition) is 0. The van der Waals surface area contributed by atoms with Crippen molar-refractivity contribution in [1.82, 2.24) is 9.67 Å². The van der Waals surface area contributed by atoms with Gasteiger partial charge in [-0.1, -0.05) is 12.1 Å². The monoisotopic (exact) mass is 252 g/mol. The fraction of sp³-hybridized carbons (Fsp3) is 0.250. The van der Waals surface area contributed by atoms with E-state index < -0.39 is 0 Å². The highest BCUT2D eigenvalue weighted by molar-refractivity contribution is 5.79. The molecule has 0 aliphatic rings. The highest BCUT2D eigenvalue weighted by Crippen LogP contribution is 2.22. The zero-order valence-corrected chi connectivity index (χ0v) is 11.8. The van der Waals surface area contributed by atoms with E-state index in [1.807, 2.05) is 6.92 Å². The quantitative estimate of drug-likeness (QED) is 0.610. The molecule has 0 N–H and O–H groups in total. The first-order valence-corrected chi connectivity index (χ1v) is 6.49. The van der Waals surface area contributed by atoms with Crippen LogP contribution >= 0.6 is 0 Å². The van der Waals surface area contributed by atoms with Crippen LogP contribution in [0.15, 0.2) is 36.5 Å². The predicted octanol–water partition coefficient (Wildman–Crippen LogP) is 2.78. The Morgan fingerprint density at radius 3 is 2.58 bits per heavy atom. The van der Waals surface area contributed by atoms with E-state index in [2.05, 4.69) is 71.8 Å². The summed E-state index contributed by atoms with van der Waals surface area (Å²) in [5, 5.41) is 1.24. The molecule has 0 atom stereocenters. The molecule has 0 aliphatic carbocycles. The third-order valence-corrected chi connectivity index (χ3v) is 3.50. The molecule has 0 spiro atoms. The molecule has 3 nitrogen and oxygen atoms in total. The largest absolute Gasteiger partial charge is 0.256 e. The number of hydrogen-bond acceptors (Lipinski definition) is 1. The molecule has 3 heteroatoms. The lowest BCUT2D eigenvalue weighted by Crippen LogP contribution is -2.37. The highest BCUT2D eigenvalue weighted by atomic mass is 15.4. The highest BCUT2D eigenvalue weighted by Gasteiger charge is 2.18. The molecule has 0 unspecified atom stereocenters. The molecule has 2 heterocycles. The summed E-state index contributed by atoms with van der Waals surface area (Å²) in [4.78, 5) is 4.60. The number of benzene rings is 1. The number of pyridine rings is 1. The van der Waals surface area contributed by atoms with E-state index in [1.54, 1.807) is 0 Å². The number of fused-ring (bicyclic) bond motifs is 1. The van der Waals surface area contributed by atoms with Gasteiger partial charge in [0.25, 0.3) is 0 Å². The molecule has 0 bridgehead atoms. The zero-order chi connectivity index (χ0) is 13.6. The molecule has 96 valence electrons. The van der Waals surface area contributed by atoms with Crippen molar-refractivity contribution in [2.45, 2.75) is 20.8 Å². The Kier molecular flexibility index (Phi) is 2.63. The molecule has 3 rings (SSSR count). The van der Waals surface area contributed by atoms with Crippen molar-refractivity contribution in [2.75, 3.05) is 0 Å². The summed E-state index contributed by atoms with van der Waals surface area (Å²) in [7, 11) is 2.07. The van der Waals surface area contributed by atoms with Crippen LogP contribution in [0.1, 0.15) is 17.0 Å². The van der Waals surface area contributed by atoms with Crippen LogP contribution in [0, 0.1) is 20.8 Å². The molecular formula is C16H18N3+. The van der Waals surface area contributed by atoms with E-state index in [1.165, 1.54) is 22.2 Å². The van der Waals surface area contributed by atoms with Gasteiger partial charge in [0.15, 0.2) is 7.05 Å². The second-order valence-corrected chi connectivity index (χ2v) is 5.09. The fourth-order valence-electron chi connectivity index (χ4n) is 2.83. The third-order valence-electron chi connectivity index (χ3n) is 3.50. The summed E-state index contributed by atoms with van der Waals surface area (Å²) in [5.74, 6) is 0. The summed E-state index contributed by atoms with van der Waals surface area (Å²) in [6.45, 7) is 6.26. The van der Waals surface area contributed by atoms with Gasteiger partial charge in [0.1, 0.15) is 11.2 Å². The number of para-hydroxylation sites is 1. The summed E-state index contributed by atoms with van der Waals surface area (Å²) in [6.07, 6.45) is 2.15. The van der Waals surface area contributed by atoms with Crippen molar-refractivity contribution in [3.05, 3.63) is 53.5 Å². The van der Waals surface area contributed by atoms with Crippen LogP contribution in [0.3, 0.4) is 0 Å². The van der Waals surface area contributed by atoms with Gasteiger partial charge in [-0.2, -0.15) is 0 Å². The van der Waals surface area contributed by atoms with E-state index in [9.17, 15) is 0 Å². The van der Waals surface area contributed by atoms with Crippen molar-refractivity contribution in [3.63, 3.8) is 0 Å². The van der Waals surface area contributed by atoms with E-state index in [4.69, 9.17) is 0 Å². The van der Waals surface area contributed by atoms with Crippen LogP contribution in [0.25, 0.3) is 16.6 Å². The summed E-state index contributed by atoms with van der Waals surface area (Å²) < 4.78 is 4.35. The molecule has 19 heavy (non-hydrogen) atoms. The first-order chi connectivity index (χ1) is 9.08. The Balaban J connectivity index is 2.40. The minimum Gasteiger partial charge on any atom is -0.256 e. The lowest BCUT2D eigenvalue weighted by atomic mass is 10.1. The number of rotatable bonds is 1. The second kappa shape index (κ2) is 4.19. The second-order valence-electron chi connectivity index (χ2n) is 5.09. The van der Waals surface area contributed by atoms with E-state index in [0.29, 0.717) is 0 Å². The lowest BCUT2D eigenvalue weighted by molar-refractivity contribution is -0.742. The molecule has 2 aromatic heterocycles. The fourth-order valence-corrected chi connectivity index (χ4v) is 2.83. The van der Waals surface area contributed by atoms with Gasteiger partial charge in [-0.3, -0.25) is 4.98 Å². The average Bonchev–Trinajstić information content (AvgIpc) is 2.65. The van der Waals surface area contributed by atoms with E-state index >= 15 is 0 Å². The standard InChI is InChI=1S/C16H18N3/c1-11-9-12(2)17-13(3)16(11)19-15-8-6-5-7-14(15)10-18(19)4/h5-10H,1-4H3/q+1. The van der Waals surface area contributed by atoms with Gasteiger partial charge in [0.2, 0.25) is 6.20 Å². The SMILES string of the molecule is Cc1cc(C)c(-n2c3ccccc3c[n+]2C)c(C)n1. The predicted molar refractivity (Wildman–Crippen MR) is 76.5 cm³/mol. The molecule has 0 aliphatic heterocycles. The Hall–Kier alpha value is -2.16. The molecular weight excluding hydrogens is 234 g/mol. The average molecular weight is 252 g/mol. The van der Waals surface area contributed by atoms with Gasteiger partial charge >= 0.3 is 0 Å². The Bertz CT molecular complexity index is 746. The maximum Gasteiger partial charge on any atom is 0.203 e. The van der Waals surface area contributed by atoms with Crippen molar-refractivity contribution in [1.29, 1.82) is 0 Å². The minimum absolute atomic E-state index is 1.06. The first kappa shape index (κ1) is 11.9. The summed E-state index contributed by atoms with van der Waals surface area (Å²) in [5.41, 5.74) is 5.77. The number of aromatic nitrogens is 3. The Morgan fingerprint density at radius 1 is 1.11 bits per heavy atom. The van der Waals surface area contributed by atoms with E-state index in [-0.39, 0.29) is 0 Å². The normalized spacial score (nSPS) is 11.2. The topological polar surface area (TPSA) is 21.7 Å². The third kappa shape index (κ3) is 1.82. The molecule has 0 amide bonds. The molecule has 0 radical (unpaired) electrons. The molecule has 1 aromatic carbocycles. The van der Waals surface area contributed by atoms with Crippen LogP contribution in [-0.4, -0.2) is 9.67 Å². The summed E-state index contributed by atoms with van der Waals surface area (Å²) in [6, 6.07) is 10.6. The molecule has 0 saturated carbocycles. The van der Waals surface area contributed by atoms with E-state index in [0.717, 1.165) is 11.4 Å². The smallest absolute Gasteiger partial charge is 0.203 e. The molecule has 0 saturated heterocycles. The van der Waals surface area contributed by atoms with Gasteiger partial charge in [0, 0.05) is 5.69 Å². The van der Waals surface area contributed by atoms with Gasteiger partial charge in [-0.15, -0.1) is 9.36 Å².